The van der Waals surface area contributed by atoms with Crippen LogP contribution in [0.3, 0.4) is 0 Å². The van der Waals surface area contributed by atoms with E-state index in [0.29, 0.717) is 19.1 Å². The van der Waals surface area contributed by atoms with Gasteiger partial charge in [0.15, 0.2) is 0 Å². The third-order valence-corrected chi connectivity index (χ3v) is 2.15. The second-order valence-corrected chi connectivity index (χ2v) is 3.85. The molecule has 1 aromatic rings. The lowest BCUT2D eigenvalue weighted by Gasteiger charge is -2.06. The summed E-state index contributed by atoms with van der Waals surface area (Å²) in [6.45, 7) is 3.03. The number of hydrogen-bond donors (Lipinski definition) is 1. The number of carbonyl (C=O) groups is 1. The average Bonchev–Trinajstić information content (AvgIpc) is 2.34. The van der Waals surface area contributed by atoms with Gasteiger partial charge in [0.25, 0.3) is 0 Å². The quantitative estimate of drug-likeness (QED) is 0.607. The molecule has 1 aromatic heterocycles. The highest BCUT2D eigenvalue weighted by Crippen LogP contribution is 2.15. The maximum atomic E-state index is 11.5. The summed E-state index contributed by atoms with van der Waals surface area (Å²) in [5.41, 5.74) is 0. The zero-order chi connectivity index (χ0) is 13.4. The average molecular weight is 274 g/mol. The fourth-order valence-electron chi connectivity index (χ4n) is 1.16. The van der Waals surface area contributed by atoms with E-state index in [1.807, 2.05) is 6.92 Å². The molecule has 0 aliphatic carbocycles. The van der Waals surface area contributed by atoms with Crippen LogP contribution in [0.4, 0.5) is 5.95 Å². The molecule has 0 aliphatic rings. The molecule has 0 saturated carbocycles. The summed E-state index contributed by atoms with van der Waals surface area (Å²) in [5, 5.41) is 2.74. The van der Waals surface area contributed by atoms with Crippen LogP contribution < -0.4 is 10.1 Å². The van der Waals surface area contributed by atoms with E-state index in [2.05, 4.69) is 15.3 Å². The topological polar surface area (TPSA) is 73.3 Å². The highest BCUT2D eigenvalue weighted by molar-refractivity contribution is 6.29. The number of nitrogens with zero attached hydrogens (tertiary/aromatic N) is 2. The van der Waals surface area contributed by atoms with Gasteiger partial charge in [-0.1, -0.05) is 18.5 Å². The van der Waals surface area contributed by atoms with Crippen LogP contribution in [-0.4, -0.2) is 36.2 Å². The lowest BCUT2D eigenvalue weighted by Crippen LogP contribution is -2.16. The second-order valence-electron chi connectivity index (χ2n) is 3.47. The molecule has 0 saturated heterocycles. The molecule has 0 aromatic carbocycles. The van der Waals surface area contributed by atoms with E-state index >= 15 is 0 Å². The first-order valence-electron chi connectivity index (χ1n) is 5.62. The Morgan fingerprint density at radius 1 is 1.44 bits per heavy atom. The summed E-state index contributed by atoms with van der Waals surface area (Å²) in [6, 6.07) is 1.46. The summed E-state index contributed by atoms with van der Waals surface area (Å²) < 4.78 is 10.1. The van der Waals surface area contributed by atoms with Crippen LogP contribution in [0.15, 0.2) is 6.07 Å². The van der Waals surface area contributed by atoms with Crippen molar-refractivity contribution in [3.8, 4) is 5.88 Å². The minimum Gasteiger partial charge on any atom is -0.481 e. The molecule has 0 radical (unpaired) electrons. The molecule has 6 nitrogen and oxygen atoms in total. The van der Waals surface area contributed by atoms with Gasteiger partial charge in [-0.3, -0.25) is 10.1 Å². The van der Waals surface area contributed by atoms with Crippen LogP contribution in [0.5, 0.6) is 5.88 Å². The van der Waals surface area contributed by atoms with Gasteiger partial charge in [0, 0.05) is 12.7 Å². The van der Waals surface area contributed by atoms with E-state index in [1.54, 1.807) is 0 Å². The van der Waals surface area contributed by atoms with Crippen molar-refractivity contribution in [2.75, 3.05) is 25.6 Å². The first-order chi connectivity index (χ1) is 8.65. The second kappa shape index (κ2) is 7.84. The maximum absolute atomic E-state index is 11.5. The van der Waals surface area contributed by atoms with Crippen molar-refractivity contribution in [2.24, 2.45) is 0 Å². The molecule has 0 aliphatic heterocycles. The van der Waals surface area contributed by atoms with Gasteiger partial charge < -0.3 is 9.47 Å². The third-order valence-electron chi connectivity index (χ3n) is 1.95. The molecule has 1 heterocycles. The molecule has 0 atom stereocenters. The summed E-state index contributed by atoms with van der Waals surface area (Å²) in [4.78, 5) is 19.3. The number of aromatic nitrogens is 2. The Kier molecular flexibility index (Phi) is 6.38. The maximum Gasteiger partial charge on any atom is 0.234 e. The lowest BCUT2D eigenvalue weighted by atomic mass is 10.4. The highest BCUT2D eigenvalue weighted by Gasteiger charge is 2.07. The Morgan fingerprint density at radius 2 is 2.22 bits per heavy atom. The van der Waals surface area contributed by atoms with E-state index in [-0.39, 0.29) is 23.4 Å². The van der Waals surface area contributed by atoms with E-state index in [9.17, 15) is 4.79 Å². The monoisotopic (exact) mass is 273 g/mol. The van der Waals surface area contributed by atoms with Gasteiger partial charge in [0.05, 0.1) is 20.1 Å². The molecular formula is C11H16ClN3O3. The number of hydrogen-bond acceptors (Lipinski definition) is 5. The van der Waals surface area contributed by atoms with Crippen molar-refractivity contribution in [1.29, 1.82) is 0 Å². The Labute approximate surface area is 111 Å². The number of ether oxygens (including phenoxy) is 2. The molecule has 0 bridgehead atoms. The number of amides is 1. The van der Waals surface area contributed by atoms with E-state index in [0.717, 1.165) is 6.42 Å². The normalized spacial score (nSPS) is 10.2. The predicted molar refractivity (Wildman–Crippen MR) is 68.0 cm³/mol. The largest absolute Gasteiger partial charge is 0.481 e. The number of carbonyl (C=O) groups excluding carboxylic acids is 1. The van der Waals surface area contributed by atoms with Crippen LogP contribution in [0.25, 0.3) is 0 Å². The summed E-state index contributed by atoms with van der Waals surface area (Å²) in [5.74, 6) is 0.197. The van der Waals surface area contributed by atoms with Crippen LogP contribution in [0, 0.1) is 0 Å². The highest BCUT2D eigenvalue weighted by atomic mass is 35.5. The minimum atomic E-state index is -0.226. The third kappa shape index (κ3) is 5.29. The van der Waals surface area contributed by atoms with Crippen LogP contribution in [-0.2, 0) is 9.53 Å². The molecule has 18 heavy (non-hydrogen) atoms. The predicted octanol–water partition coefficient (Wildman–Crippen LogP) is 1.89. The van der Waals surface area contributed by atoms with Crippen LogP contribution >= 0.6 is 11.6 Å². The van der Waals surface area contributed by atoms with Crippen molar-refractivity contribution in [1.82, 2.24) is 9.97 Å². The molecule has 0 fully saturated rings. The molecule has 7 heteroatoms. The van der Waals surface area contributed by atoms with Crippen molar-refractivity contribution in [2.45, 2.75) is 19.8 Å². The van der Waals surface area contributed by atoms with Gasteiger partial charge >= 0.3 is 0 Å². The van der Waals surface area contributed by atoms with Gasteiger partial charge in [-0.25, -0.2) is 4.98 Å². The van der Waals surface area contributed by atoms with E-state index in [1.165, 1.54) is 13.2 Å². The van der Waals surface area contributed by atoms with Crippen LogP contribution in [0.1, 0.15) is 19.8 Å². The summed E-state index contributed by atoms with van der Waals surface area (Å²) >= 11 is 5.75. The molecule has 100 valence electrons. The van der Waals surface area contributed by atoms with E-state index < -0.39 is 0 Å². The van der Waals surface area contributed by atoms with Gasteiger partial charge in [0.2, 0.25) is 17.7 Å². The van der Waals surface area contributed by atoms with Gasteiger partial charge in [0.1, 0.15) is 5.15 Å². The number of methoxy groups -OCH3 is 1. The SMILES string of the molecule is CCCOCCC(=O)Nc1nc(Cl)cc(OC)n1. The molecule has 0 unspecified atom stereocenters. The fraction of sp³-hybridized carbons (Fsp3) is 0.545. The molecule has 0 spiro atoms. The molecular weight excluding hydrogens is 258 g/mol. The Balaban J connectivity index is 2.46. The fourth-order valence-corrected chi connectivity index (χ4v) is 1.33. The Bertz CT molecular complexity index is 401. The Hall–Kier alpha value is -1.40. The number of anilines is 1. The molecule has 1 amide bonds. The first kappa shape index (κ1) is 14.7. The summed E-state index contributed by atoms with van der Waals surface area (Å²) in [7, 11) is 1.46. The first-order valence-corrected chi connectivity index (χ1v) is 5.99. The molecule has 1 rings (SSSR count). The standard InChI is InChI=1S/C11H16ClN3O3/c1-3-5-18-6-4-9(16)14-11-13-8(12)7-10(15-11)17-2/h7H,3-6H2,1-2H3,(H,13,14,15,16). The minimum absolute atomic E-state index is 0.125. The van der Waals surface area contributed by atoms with Crippen molar-refractivity contribution >= 4 is 23.5 Å². The number of halogens is 1. The van der Waals surface area contributed by atoms with Crippen molar-refractivity contribution < 1.29 is 14.3 Å². The number of nitrogens with one attached hydrogen (secondary N) is 1. The summed E-state index contributed by atoms with van der Waals surface area (Å²) in [6.07, 6.45) is 1.18. The van der Waals surface area contributed by atoms with Crippen molar-refractivity contribution in [3.05, 3.63) is 11.2 Å². The lowest BCUT2D eigenvalue weighted by molar-refractivity contribution is -0.117. The number of rotatable bonds is 7. The zero-order valence-corrected chi connectivity index (χ0v) is 11.2. The molecule has 1 N–H and O–H groups in total. The van der Waals surface area contributed by atoms with E-state index in [4.69, 9.17) is 21.1 Å². The smallest absolute Gasteiger partial charge is 0.234 e. The van der Waals surface area contributed by atoms with Crippen LogP contribution in [0.2, 0.25) is 5.15 Å². The van der Waals surface area contributed by atoms with Crippen molar-refractivity contribution in [3.63, 3.8) is 0 Å². The van der Waals surface area contributed by atoms with Gasteiger partial charge in [-0.05, 0) is 6.42 Å². The van der Waals surface area contributed by atoms with Gasteiger partial charge in [-0.2, -0.15) is 4.98 Å². The Morgan fingerprint density at radius 3 is 2.89 bits per heavy atom. The van der Waals surface area contributed by atoms with Gasteiger partial charge in [-0.15, -0.1) is 0 Å². The zero-order valence-electron chi connectivity index (χ0n) is 10.4.